The van der Waals surface area contributed by atoms with Gasteiger partial charge in [-0.05, 0) is 36.6 Å². The van der Waals surface area contributed by atoms with Crippen LogP contribution in [0.15, 0.2) is 23.8 Å². The molecule has 2 rings (SSSR count). The van der Waals surface area contributed by atoms with Crippen LogP contribution in [-0.4, -0.2) is 11.9 Å². The topological polar surface area (TPSA) is 52.9 Å². The molecule has 1 aliphatic rings. The van der Waals surface area contributed by atoms with Gasteiger partial charge in [-0.2, -0.15) is 5.26 Å². The van der Waals surface area contributed by atoms with E-state index in [1.165, 1.54) is 18.6 Å². The van der Waals surface area contributed by atoms with Gasteiger partial charge in [0.1, 0.15) is 11.6 Å². The Morgan fingerprint density at radius 3 is 2.57 bits per heavy atom. The number of hydrogen-bond acceptors (Lipinski definition) is 2. The van der Waals surface area contributed by atoms with Crippen molar-refractivity contribution in [2.75, 3.05) is 0 Å². The minimum atomic E-state index is -1.01. The van der Waals surface area contributed by atoms with Gasteiger partial charge in [-0.15, -0.1) is 0 Å². The van der Waals surface area contributed by atoms with E-state index in [9.17, 15) is 13.6 Å². The molecule has 1 N–H and O–H groups in total. The van der Waals surface area contributed by atoms with Crippen molar-refractivity contribution in [2.24, 2.45) is 0 Å². The third kappa shape index (κ3) is 4.12. The summed E-state index contributed by atoms with van der Waals surface area (Å²) < 4.78 is 26.0. The fourth-order valence-electron chi connectivity index (χ4n) is 2.43. The third-order valence-corrected chi connectivity index (χ3v) is 3.56. The molecule has 21 heavy (non-hydrogen) atoms. The van der Waals surface area contributed by atoms with Crippen molar-refractivity contribution in [3.05, 3.63) is 41.0 Å². The lowest BCUT2D eigenvalue weighted by Gasteiger charge is -2.22. The number of halogens is 2. The summed E-state index contributed by atoms with van der Waals surface area (Å²) in [7, 11) is 0. The predicted molar refractivity (Wildman–Crippen MR) is 75.0 cm³/mol. The van der Waals surface area contributed by atoms with E-state index in [0.29, 0.717) is 0 Å². The highest BCUT2D eigenvalue weighted by atomic mass is 19.2. The third-order valence-electron chi connectivity index (χ3n) is 3.56. The minimum Gasteiger partial charge on any atom is -0.349 e. The predicted octanol–water partition coefficient (Wildman–Crippen LogP) is 3.32. The van der Waals surface area contributed by atoms with Crippen LogP contribution in [-0.2, 0) is 4.79 Å². The van der Waals surface area contributed by atoms with E-state index >= 15 is 0 Å². The summed E-state index contributed by atoms with van der Waals surface area (Å²) in [4.78, 5) is 12.0. The SMILES string of the molecule is N#C/C(=C\c1ccc(F)c(F)c1)C(=O)NC1CCCCC1. The first kappa shape index (κ1) is 15.2. The largest absolute Gasteiger partial charge is 0.349 e. The van der Waals surface area contributed by atoms with Crippen LogP contribution in [0.2, 0.25) is 0 Å². The van der Waals surface area contributed by atoms with E-state index in [2.05, 4.69) is 5.32 Å². The van der Waals surface area contributed by atoms with Gasteiger partial charge in [0.2, 0.25) is 0 Å². The van der Waals surface area contributed by atoms with Gasteiger partial charge in [0.25, 0.3) is 5.91 Å². The van der Waals surface area contributed by atoms with Crippen LogP contribution in [0.4, 0.5) is 8.78 Å². The number of benzene rings is 1. The molecule has 1 aliphatic carbocycles. The fraction of sp³-hybridized carbons (Fsp3) is 0.375. The summed E-state index contributed by atoms with van der Waals surface area (Å²) in [6.07, 6.45) is 6.40. The zero-order valence-electron chi connectivity index (χ0n) is 11.5. The highest BCUT2D eigenvalue weighted by Crippen LogP contribution is 2.18. The molecule has 3 nitrogen and oxygen atoms in total. The Morgan fingerprint density at radius 2 is 1.95 bits per heavy atom. The van der Waals surface area contributed by atoms with Gasteiger partial charge in [0, 0.05) is 6.04 Å². The van der Waals surface area contributed by atoms with Crippen LogP contribution >= 0.6 is 0 Å². The van der Waals surface area contributed by atoms with Crippen LogP contribution in [0.25, 0.3) is 6.08 Å². The van der Waals surface area contributed by atoms with Crippen LogP contribution in [0.5, 0.6) is 0 Å². The molecule has 0 heterocycles. The Balaban J connectivity index is 2.10. The molecule has 0 atom stereocenters. The van der Waals surface area contributed by atoms with Gasteiger partial charge in [0.15, 0.2) is 11.6 Å². The molecule has 0 aromatic heterocycles. The summed E-state index contributed by atoms with van der Waals surface area (Å²) in [5, 5.41) is 11.9. The lowest BCUT2D eigenvalue weighted by molar-refractivity contribution is -0.117. The van der Waals surface area contributed by atoms with Crippen LogP contribution in [0.1, 0.15) is 37.7 Å². The van der Waals surface area contributed by atoms with E-state index < -0.39 is 17.5 Å². The number of nitrogens with zero attached hydrogens (tertiary/aromatic N) is 1. The lowest BCUT2D eigenvalue weighted by atomic mass is 9.95. The number of carbonyl (C=O) groups is 1. The van der Waals surface area contributed by atoms with Gasteiger partial charge in [0.05, 0.1) is 0 Å². The maximum atomic E-state index is 13.1. The van der Waals surface area contributed by atoms with Gasteiger partial charge in [-0.1, -0.05) is 25.3 Å². The molecule has 110 valence electrons. The molecular weight excluding hydrogens is 274 g/mol. The quantitative estimate of drug-likeness (QED) is 0.686. The second kappa shape index (κ2) is 6.98. The molecule has 5 heteroatoms. The van der Waals surface area contributed by atoms with Gasteiger partial charge in [-0.3, -0.25) is 4.79 Å². The molecule has 1 fully saturated rings. The highest BCUT2D eigenvalue weighted by Gasteiger charge is 2.18. The second-order valence-corrected chi connectivity index (χ2v) is 5.15. The van der Waals surface area contributed by atoms with Crippen molar-refractivity contribution >= 4 is 12.0 Å². The van der Waals surface area contributed by atoms with E-state index in [0.717, 1.165) is 37.8 Å². The molecule has 1 aromatic carbocycles. The first-order valence-corrected chi connectivity index (χ1v) is 6.98. The normalized spacial score (nSPS) is 16.3. The number of hydrogen-bond donors (Lipinski definition) is 1. The molecule has 1 aromatic rings. The first-order chi connectivity index (χ1) is 10.1. The molecule has 0 radical (unpaired) electrons. The Hall–Kier alpha value is -2.22. The molecule has 0 aliphatic heterocycles. The smallest absolute Gasteiger partial charge is 0.262 e. The maximum absolute atomic E-state index is 13.1. The number of carbonyl (C=O) groups excluding carboxylic acids is 1. The number of rotatable bonds is 3. The average molecular weight is 290 g/mol. The van der Waals surface area contributed by atoms with Crippen molar-refractivity contribution in [3.8, 4) is 6.07 Å². The van der Waals surface area contributed by atoms with Crippen LogP contribution in [0.3, 0.4) is 0 Å². The monoisotopic (exact) mass is 290 g/mol. The lowest BCUT2D eigenvalue weighted by Crippen LogP contribution is -2.36. The van der Waals surface area contributed by atoms with Crippen LogP contribution in [0, 0.1) is 23.0 Å². The number of amides is 1. The van der Waals surface area contributed by atoms with Crippen molar-refractivity contribution in [1.82, 2.24) is 5.32 Å². The van der Waals surface area contributed by atoms with Crippen molar-refractivity contribution < 1.29 is 13.6 Å². The Kier molecular flexibility index (Phi) is 5.04. The molecule has 0 bridgehead atoms. The van der Waals surface area contributed by atoms with Crippen LogP contribution < -0.4 is 5.32 Å². The molecule has 1 amide bonds. The molecular formula is C16H16F2N2O. The van der Waals surface area contributed by atoms with Gasteiger partial charge in [-0.25, -0.2) is 8.78 Å². The Labute approximate surface area is 122 Å². The van der Waals surface area contributed by atoms with E-state index in [1.807, 2.05) is 0 Å². The Bertz CT molecular complexity index is 599. The number of nitriles is 1. The molecule has 1 saturated carbocycles. The summed E-state index contributed by atoms with van der Waals surface area (Å²) >= 11 is 0. The summed E-state index contributed by atoms with van der Waals surface area (Å²) in [5.74, 6) is -2.43. The van der Waals surface area contributed by atoms with E-state index in [4.69, 9.17) is 5.26 Å². The van der Waals surface area contributed by atoms with E-state index in [1.54, 1.807) is 6.07 Å². The summed E-state index contributed by atoms with van der Waals surface area (Å²) in [6, 6.07) is 5.15. The minimum absolute atomic E-state index is 0.0907. The zero-order chi connectivity index (χ0) is 15.2. The second-order valence-electron chi connectivity index (χ2n) is 5.15. The fourth-order valence-corrected chi connectivity index (χ4v) is 2.43. The van der Waals surface area contributed by atoms with Crippen molar-refractivity contribution in [2.45, 2.75) is 38.1 Å². The summed E-state index contributed by atoms with van der Waals surface area (Å²) in [5.41, 5.74) is 0.177. The first-order valence-electron chi connectivity index (χ1n) is 6.98. The average Bonchev–Trinajstić information content (AvgIpc) is 2.49. The van der Waals surface area contributed by atoms with Gasteiger partial charge < -0.3 is 5.32 Å². The zero-order valence-corrected chi connectivity index (χ0v) is 11.5. The Morgan fingerprint density at radius 1 is 1.24 bits per heavy atom. The maximum Gasteiger partial charge on any atom is 0.262 e. The molecule has 0 spiro atoms. The molecule has 0 saturated heterocycles. The van der Waals surface area contributed by atoms with E-state index in [-0.39, 0.29) is 17.2 Å². The van der Waals surface area contributed by atoms with Crippen molar-refractivity contribution in [3.63, 3.8) is 0 Å². The highest BCUT2D eigenvalue weighted by molar-refractivity contribution is 6.01. The van der Waals surface area contributed by atoms with Gasteiger partial charge >= 0.3 is 0 Å². The van der Waals surface area contributed by atoms with Crippen molar-refractivity contribution in [1.29, 1.82) is 5.26 Å². The number of nitrogens with one attached hydrogen (secondary N) is 1. The standard InChI is InChI=1S/C16H16F2N2O/c17-14-7-6-11(9-15(14)18)8-12(10-19)16(21)20-13-4-2-1-3-5-13/h6-9,13H,1-5H2,(H,20,21)/b12-8+. The summed E-state index contributed by atoms with van der Waals surface area (Å²) in [6.45, 7) is 0. The molecule has 0 unspecified atom stereocenters.